The van der Waals surface area contributed by atoms with E-state index in [-0.39, 0.29) is 11.9 Å². The zero-order valence-corrected chi connectivity index (χ0v) is 17.9. The lowest BCUT2D eigenvalue weighted by atomic mass is 9.69. The van der Waals surface area contributed by atoms with Crippen molar-refractivity contribution in [3.05, 3.63) is 41.1 Å². The number of hydrogen-bond donors (Lipinski definition) is 0. The van der Waals surface area contributed by atoms with Crippen LogP contribution in [0, 0.1) is 5.92 Å². The number of aliphatic imine (C=N–C) groups is 1. The topological polar surface area (TPSA) is 65.0 Å². The monoisotopic (exact) mass is 397 g/mol. The molecule has 0 spiro atoms. The number of nitrogens with zero attached hydrogens (tertiary/aromatic N) is 1. The number of unbranched alkanes of at least 4 members (excludes halogenated alkanes) is 1. The lowest BCUT2D eigenvalue weighted by Crippen LogP contribution is -2.39. The third-order valence-corrected chi connectivity index (χ3v) is 5.48. The summed E-state index contributed by atoms with van der Waals surface area (Å²) < 4.78 is 11.6. The molecule has 0 saturated heterocycles. The molecule has 1 aliphatic carbocycles. The number of benzene rings is 1. The fourth-order valence-electron chi connectivity index (χ4n) is 4.19. The molecule has 2 unspecified atom stereocenters. The van der Waals surface area contributed by atoms with E-state index in [0.29, 0.717) is 24.3 Å². The molecule has 1 saturated carbocycles. The molecule has 1 heterocycles. The molecule has 2 atom stereocenters. The summed E-state index contributed by atoms with van der Waals surface area (Å²) in [5.41, 5.74) is 2.87. The highest BCUT2D eigenvalue weighted by molar-refractivity contribution is 6.11. The molecule has 0 bridgehead atoms. The Bertz CT molecular complexity index is 837. The molecule has 1 fully saturated rings. The molecule has 0 N–H and O–H groups in total. The fraction of sp³-hybridized carbons (Fsp3) is 0.542. The smallest absolute Gasteiger partial charge is 0.336 e. The molecule has 1 aromatic carbocycles. The number of ether oxygens (including phenoxy) is 2. The Morgan fingerprint density at radius 2 is 1.97 bits per heavy atom. The van der Waals surface area contributed by atoms with Crippen LogP contribution in [-0.4, -0.2) is 30.2 Å². The van der Waals surface area contributed by atoms with Gasteiger partial charge in [0.15, 0.2) is 0 Å². The van der Waals surface area contributed by atoms with Gasteiger partial charge in [0.1, 0.15) is 11.5 Å². The molecule has 0 amide bonds. The molecule has 29 heavy (non-hydrogen) atoms. The minimum absolute atomic E-state index is 0.144. The molecule has 3 rings (SSSR count). The molecule has 0 radical (unpaired) electrons. The van der Waals surface area contributed by atoms with Crippen LogP contribution in [-0.2, 0) is 14.3 Å². The van der Waals surface area contributed by atoms with Crippen molar-refractivity contribution in [3.63, 3.8) is 0 Å². The minimum Gasteiger partial charge on any atom is -0.493 e. The first-order valence-electron chi connectivity index (χ1n) is 10.7. The van der Waals surface area contributed by atoms with Gasteiger partial charge in [0.25, 0.3) is 0 Å². The molecule has 2 aliphatic rings. The molecule has 0 aromatic heterocycles. The van der Waals surface area contributed by atoms with Crippen LogP contribution in [0.1, 0.15) is 71.3 Å². The third kappa shape index (κ3) is 4.60. The largest absolute Gasteiger partial charge is 0.493 e. The van der Waals surface area contributed by atoms with Gasteiger partial charge in [-0.2, -0.15) is 0 Å². The molecular weight excluding hydrogens is 366 g/mol. The zero-order chi connectivity index (χ0) is 21.0. The van der Waals surface area contributed by atoms with Gasteiger partial charge in [-0.3, -0.25) is 9.79 Å². The van der Waals surface area contributed by atoms with Crippen LogP contribution < -0.4 is 4.74 Å². The van der Waals surface area contributed by atoms with Gasteiger partial charge in [0.2, 0.25) is 0 Å². The first-order chi connectivity index (χ1) is 13.9. The summed E-state index contributed by atoms with van der Waals surface area (Å²) in [5, 5.41) is 0. The lowest BCUT2D eigenvalue weighted by molar-refractivity contribution is -0.143. The van der Waals surface area contributed by atoms with Gasteiger partial charge in [0, 0.05) is 29.3 Å². The second-order valence-corrected chi connectivity index (χ2v) is 8.07. The Morgan fingerprint density at radius 1 is 1.21 bits per heavy atom. The number of allylic oxidation sites excluding steroid dienone is 1. The highest BCUT2D eigenvalue weighted by Crippen LogP contribution is 2.45. The predicted octanol–water partition coefficient (Wildman–Crippen LogP) is 5.00. The van der Waals surface area contributed by atoms with Gasteiger partial charge in [-0.05, 0) is 46.1 Å². The number of para-hydroxylation sites is 1. The molecule has 5 heteroatoms. The second kappa shape index (κ2) is 9.38. The van der Waals surface area contributed by atoms with Crippen LogP contribution >= 0.6 is 0 Å². The van der Waals surface area contributed by atoms with E-state index in [1.54, 1.807) is 0 Å². The molecular formula is C24H31NO4. The van der Waals surface area contributed by atoms with E-state index in [1.807, 2.05) is 45.0 Å². The highest BCUT2D eigenvalue weighted by atomic mass is 16.5. The number of Topliss-reactive ketones (excluding diaryl/α,β-unsaturated/α-hetero) is 1. The summed E-state index contributed by atoms with van der Waals surface area (Å²) in [6.45, 7) is 8.22. The van der Waals surface area contributed by atoms with Crippen molar-refractivity contribution in [1.82, 2.24) is 0 Å². The summed E-state index contributed by atoms with van der Waals surface area (Å²) in [6, 6.07) is 7.74. The standard InChI is InChI=1S/C24H31NO4/c1-5-6-14-28-20-13-8-7-10-17(20)22-21(24(27)29-15(2)3)16(4)25-18-11-9-12-19(26)23(18)22/h7-8,10,13,15,22-23H,5-6,9,11-12,14H2,1-4H3. The van der Waals surface area contributed by atoms with Crippen LogP contribution in [0.25, 0.3) is 0 Å². The Labute approximate surface area is 173 Å². The van der Waals surface area contributed by atoms with Gasteiger partial charge in [-0.1, -0.05) is 31.5 Å². The number of fused-ring (bicyclic) bond motifs is 1. The number of carbonyl (C=O) groups excluding carboxylic acids is 2. The summed E-state index contributed by atoms with van der Waals surface area (Å²) in [7, 11) is 0. The Morgan fingerprint density at radius 3 is 2.69 bits per heavy atom. The molecule has 1 aliphatic heterocycles. The van der Waals surface area contributed by atoms with Gasteiger partial charge in [0.05, 0.1) is 24.2 Å². The average molecular weight is 398 g/mol. The predicted molar refractivity (Wildman–Crippen MR) is 113 cm³/mol. The van der Waals surface area contributed by atoms with E-state index < -0.39 is 17.8 Å². The van der Waals surface area contributed by atoms with Crippen molar-refractivity contribution in [2.24, 2.45) is 10.9 Å². The average Bonchev–Trinajstić information content (AvgIpc) is 2.67. The quantitative estimate of drug-likeness (QED) is 0.480. The maximum Gasteiger partial charge on any atom is 0.336 e. The summed E-state index contributed by atoms with van der Waals surface area (Å²) in [5.74, 6) is -0.358. The number of esters is 1. The summed E-state index contributed by atoms with van der Waals surface area (Å²) >= 11 is 0. The van der Waals surface area contributed by atoms with Crippen LogP contribution in [0.3, 0.4) is 0 Å². The Kier molecular flexibility index (Phi) is 6.88. The number of hydrogen-bond acceptors (Lipinski definition) is 5. The lowest BCUT2D eigenvalue weighted by Gasteiger charge is -2.36. The molecule has 1 aromatic rings. The van der Waals surface area contributed by atoms with E-state index in [0.717, 1.165) is 42.7 Å². The molecule has 5 nitrogen and oxygen atoms in total. The Balaban J connectivity index is 2.10. The van der Waals surface area contributed by atoms with Gasteiger partial charge >= 0.3 is 5.97 Å². The van der Waals surface area contributed by atoms with E-state index in [2.05, 4.69) is 11.9 Å². The highest BCUT2D eigenvalue weighted by Gasteiger charge is 2.44. The van der Waals surface area contributed by atoms with Crippen LogP contribution in [0.4, 0.5) is 0 Å². The van der Waals surface area contributed by atoms with Gasteiger partial charge < -0.3 is 9.47 Å². The van der Waals surface area contributed by atoms with Crippen molar-refractivity contribution < 1.29 is 19.1 Å². The number of ketones is 1. The first-order valence-corrected chi connectivity index (χ1v) is 10.7. The van der Waals surface area contributed by atoms with E-state index in [9.17, 15) is 9.59 Å². The van der Waals surface area contributed by atoms with Crippen LogP contribution in [0.5, 0.6) is 5.75 Å². The SMILES string of the molecule is CCCCOc1ccccc1C1C(C(=O)OC(C)C)=C(C)N=C2CCCC(=O)C21. The van der Waals surface area contributed by atoms with Crippen LogP contribution in [0.2, 0.25) is 0 Å². The Hall–Kier alpha value is -2.43. The third-order valence-electron chi connectivity index (χ3n) is 5.48. The maximum absolute atomic E-state index is 13.1. The van der Waals surface area contributed by atoms with Gasteiger partial charge in [-0.25, -0.2) is 4.79 Å². The second-order valence-electron chi connectivity index (χ2n) is 8.07. The van der Waals surface area contributed by atoms with E-state index in [4.69, 9.17) is 9.47 Å². The van der Waals surface area contributed by atoms with E-state index in [1.165, 1.54) is 0 Å². The van der Waals surface area contributed by atoms with Crippen molar-refractivity contribution in [1.29, 1.82) is 0 Å². The van der Waals surface area contributed by atoms with Crippen molar-refractivity contribution in [2.45, 2.75) is 71.8 Å². The molecule has 156 valence electrons. The van der Waals surface area contributed by atoms with E-state index >= 15 is 0 Å². The van der Waals surface area contributed by atoms with Crippen molar-refractivity contribution in [2.75, 3.05) is 6.61 Å². The number of rotatable bonds is 7. The van der Waals surface area contributed by atoms with Gasteiger partial charge in [-0.15, -0.1) is 0 Å². The zero-order valence-electron chi connectivity index (χ0n) is 17.9. The van der Waals surface area contributed by atoms with Crippen LogP contribution in [0.15, 0.2) is 40.5 Å². The minimum atomic E-state index is -0.418. The normalized spacial score (nSPS) is 21.7. The van der Waals surface area contributed by atoms with Crippen molar-refractivity contribution in [3.8, 4) is 5.75 Å². The van der Waals surface area contributed by atoms with Crippen molar-refractivity contribution >= 4 is 17.5 Å². The first kappa shape index (κ1) is 21.3. The maximum atomic E-state index is 13.1. The fourth-order valence-corrected chi connectivity index (χ4v) is 4.19. The summed E-state index contributed by atoms with van der Waals surface area (Å²) in [6.07, 6.45) is 3.86. The number of carbonyl (C=O) groups is 2. The summed E-state index contributed by atoms with van der Waals surface area (Å²) in [4.78, 5) is 30.7.